The summed E-state index contributed by atoms with van der Waals surface area (Å²) in [4.78, 5) is 10.2. The summed E-state index contributed by atoms with van der Waals surface area (Å²) in [7, 11) is 0. The van der Waals surface area contributed by atoms with Gasteiger partial charge in [-0.15, -0.1) is 0 Å². The molecular formula is C14H19FN2O2. The molecule has 4 nitrogen and oxygen atoms in total. The van der Waals surface area contributed by atoms with Gasteiger partial charge in [-0.1, -0.05) is 6.92 Å². The Kier molecular flexibility index (Phi) is 3.85. The second kappa shape index (κ2) is 5.25. The lowest BCUT2D eigenvalue weighted by Gasteiger charge is -2.24. The lowest BCUT2D eigenvalue weighted by Crippen LogP contribution is -2.35. The second-order valence-electron chi connectivity index (χ2n) is 5.39. The van der Waals surface area contributed by atoms with E-state index < -0.39 is 10.7 Å². The van der Waals surface area contributed by atoms with Crippen molar-refractivity contribution >= 4 is 5.69 Å². The predicted molar refractivity (Wildman–Crippen MR) is 71.6 cm³/mol. The number of nitrogens with one attached hydrogen (secondary N) is 1. The summed E-state index contributed by atoms with van der Waals surface area (Å²) >= 11 is 0. The Labute approximate surface area is 112 Å². The Bertz CT molecular complexity index is 486. The molecule has 2 rings (SSSR count). The molecule has 1 saturated carbocycles. The minimum atomic E-state index is -0.542. The Morgan fingerprint density at radius 2 is 2.16 bits per heavy atom. The molecule has 0 aliphatic heterocycles. The molecule has 0 aromatic heterocycles. The van der Waals surface area contributed by atoms with E-state index in [9.17, 15) is 14.5 Å². The van der Waals surface area contributed by atoms with Crippen molar-refractivity contribution in [3.8, 4) is 0 Å². The van der Waals surface area contributed by atoms with Crippen LogP contribution in [-0.2, 0) is 6.42 Å². The molecule has 0 heterocycles. The van der Waals surface area contributed by atoms with E-state index in [1.165, 1.54) is 12.1 Å². The number of hydrogen-bond acceptors (Lipinski definition) is 3. The standard InChI is InChI=1S/C14H19FN2O2/c1-3-16-10(2)14(4-5-14)9-11-6-12(15)8-13(7-11)17(18)19/h6-8,10,16H,3-5,9H2,1-2H3. The lowest BCUT2D eigenvalue weighted by molar-refractivity contribution is -0.385. The topological polar surface area (TPSA) is 55.2 Å². The molecule has 1 aliphatic carbocycles. The van der Waals surface area contributed by atoms with Crippen LogP contribution < -0.4 is 5.32 Å². The van der Waals surface area contributed by atoms with Crippen molar-refractivity contribution in [2.45, 2.75) is 39.2 Å². The molecule has 19 heavy (non-hydrogen) atoms. The van der Waals surface area contributed by atoms with Crippen LogP contribution in [-0.4, -0.2) is 17.5 Å². The maximum atomic E-state index is 13.4. The smallest absolute Gasteiger partial charge is 0.272 e. The van der Waals surface area contributed by atoms with Gasteiger partial charge in [0.2, 0.25) is 0 Å². The first kappa shape index (κ1) is 13.9. The van der Waals surface area contributed by atoms with Crippen LogP contribution in [0.2, 0.25) is 0 Å². The third-order valence-corrected chi connectivity index (χ3v) is 4.03. The Hall–Kier alpha value is -1.49. The number of benzene rings is 1. The van der Waals surface area contributed by atoms with Crippen molar-refractivity contribution in [1.29, 1.82) is 0 Å². The Balaban J connectivity index is 2.17. The molecule has 5 heteroatoms. The maximum absolute atomic E-state index is 13.4. The SMILES string of the molecule is CCNC(C)C1(Cc2cc(F)cc([N+](=O)[O-])c2)CC1. The van der Waals surface area contributed by atoms with Crippen LogP contribution in [0.15, 0.2) is 18.2 Å². The van der Waals surface area contributed by atoms with Crippen LogP contribution in [0.1, 0.15) is 32.3 Å². The molecule has 0 bridgehead atoms. The average molecular weight is 266 g/mol. The molecule has 1 N–H and O–H groups in total. The van der Waals surface area contributed by atoms with Crippen LogP contribution in [0.5, 0.6) is 0 Å². The van der Waals surface area contributed by atoms with Gasteiger partial charge in [-0.3, -0.25) is 10.1 Å². The maximum Gasteiger partial charge on any atom is 0.272 e. The third-order valence-electron chi connectivity index (χ3n) is 4.03. The van der Waals surface area contributed by atoms with E-state index in [1.807, 2.05) is 0 Å². The minimum absolute atomic E-state index is 0.137. The summed E-state index contributed by atoms with van der Waals surface area (Å²) in [6, 6.07) is 4.21. The van der Waals surface area contributed by atoms with Gasteiger partial charge in [0.1, 0.15) is 5.82 Å². The molecule has 0 radical (unpaired) electrons. The van der Waals surface area contributed by atoms with Crippen molar-refractivity contribution < 1.29 is 9.31 Å². The molecule has 0 spiro atoms. The molecule has 1 atom stereocenters. The van der Waals surface area contributed by atoms with E-state index in [0.717, 1.165) is 25.5 Å². The van der Waals surface area contributed by atoms with Gasteiger partial charge in [0.25, 0.3) is 5.69 Å². The first-order chi connectivity index (χ1) is 8.97. The van der Waals surface area contributed by atoms with Gasteiger partial charge in [0.15, 0.2) is 0 Å². The molecule has 1 fully saturated rings. The monoisotopic (exact) mass is 266 g/mol. The van der Waals surface area contributed by atoms with Crippen LogP contribution in [0.3, 0.4) is 0 Å². The van der Waals surface area contributed by atoms with Gasteiger partial charge in [-0.05, 0) is 49.8 Å². The number of nitrogens with zero attached hydrogens (tertiary/aromatic N) is 1. The van der Waals surface area contributed by atoms with Crippen LogP contribution in [0, 0.1) is 21.3 Å². The number of hydrogen-bond donors (Lipinski definition) is 1. The zero-order valence-corrected chi connectivity index (χ0v) is 11.3. The highest BCUT2D eigenvalue weighted by Crippen LogP contribution is 2.51. The van der Waals surface area contributed by atoms with Crippen LogP contribution >= 0.6 is 0 Å². The lowest BCUT2D eigenvalue weighted by atomic mass is 9.89. The zero-order valence-electron chi connectivity index (χ0n) is 11.3. The van der Waals surface area contributed by atoms with Gasteiger partial charge in [0.05, 0.1) is 11.0 Å². The van der Waals surface area contributed by atoms with Crippen LogP contribution in [0.4, 0.5) is 10.1 Å². The fourth-order valence-electron chi connectivity index (χ4n) is 2.69. The predicted octanol–water partition coefficient (Wildman–Crippen LogP) is 3.05. The quantitative estimate of drug-likeness (QED) is 0.636. The van der Waals surface area contributed by atoms with E-state index in [1.54, 1.807) is 0 Å². The fraction of sp³-hybridized carbons (Fsp3) is 0.571. The highest BCUT2D eigenvalue weighted by atomic mass is 19.1. The molecular weight excluding hydrogens is 247 g/mol. The van der Waals surface area contributed by atoms with Crippen molar-refractivity contribution in [3.05, 3.63) is 39.7 Å². The molecule has 0 saturated heterocycles. The summed E-state index contributed by atoms with van der Waals surface area (Å²) < 4.78 is 13.4. The van der Waals surface area contributed by atoms with E-state index in [0.29, 0.717) is 18.0 Å². The van der Waals surface area contributed by atoms with E-state index in [2.05, 4.69) is 19.2 Å². The van der Waals surface area contributed by atoms with Crippen molar-refractivity contribution in [3.63, 3.8) is 0 Å². The van der Waals surface area contributed by atoms with Gasteiger partial charge >= 0.3 is 0 Å². The van der Waals surface area contributed by atoms with Gasteiger partial charge in [0, 0.05) is 12.1 Å². The number of nitro groups is 1. The normalized spacial score (nSPS) is 18.1. The second-order valence-corrected chi connectivity index (χ2v) is 5.39. The Morgan fingerprint density at radius 1 is 1.47 bits per heavy atom. The number of halogens is 1. The average Bonchev–Trinajstić information content (AvgIpc) is 3.09. The summed E-state index contributed by atoms with van der Waals surface area (Å²) in [6.45, 7) is 5.08. The minimum Gasteiger partial charge on any atom is -0.314 e. The van der Waals surface area contributed by atoms with Gasteiger partial charge in [-0.2, -0.15) is 0 Å². The number of rotatable bonds is 6. The number of nitro benzene ring substituents is 1. The summed E-state index contributed by atoms with van der Waals surface area (Å²) in [6.07, 6.45) is 2.87. The van der Waals surface area contributed by atoms with Crippen molar-refractivity contribution in [2.75, 3.05) is 6.54 Å². The molecule has 0 amide bonds. The largest absolute Gasteiger partial charge is 0.314 e. The summed E-state index contributed by atoms with van der Waals surface area (Å²) in [5.41, 5.74) is 0.688. The molecule has 1 aromatic rings. The van der Waals surface area contributed by atoms with Gasteiger partial charge < -0.3 is 5.32 Å². The fourth-order valence-corrected chi connectivity index (χ4v) is 2.69. The van der Waals surface area contributed by atoms with Gasteiger partial charge in [-0.25, -0.2) is 4.39 Å². The van der Waals surface area contributed by atoms with E-state index in [4.69, 9.17) is 0 Å². The first-order valence-corrected chi connectivity index (χ1v) is 6.64. The molecule has 1 unspecified atom stereocenters. The Morgan fingerprint density at radius 3 is 2.68 bits per heavy atom. The number of non-ortho nitro benzene ring substituents is 1. The third kappa shape index (κ3) is 3.10. The molecule has 1 aliphatic rings. The highest BCUT2D eigenvalue weighted by molar-refractivity contribution is 5.36. The van der Waals surface area contributed by atoms with Crippen molar-refractivity contribution in [1.82, 2.24) is 5.32 Å². The molecule has 1 aromatic carbocycles. The van der Waals surface area contributed by atoms with E-state index >= 15 is 0 Å². The summed E-state index contributed by atoms with van der Waals surface area (Å²) in [5, 5.41) is 14.1. The summed E-state index contributed by atoms with van der Waals surface area (Å²) in [5.74, 6) is -0.531. The first-order valence-electron chi connectivity index (χ1n) is 6.64. The highest BCUT2D eigenvalue weighted by Gasteiger charge is 2.46. The van der Waals surface area contributed by atoms with Crippen LogP contribution in [0.25, 0.3) is 0 Å². The molecule has 104 valence electrons. The van der Waals surface area contributed by atoms with E-state index in [-0.39, 0.29) is 11.1 Å². The van der Waals surface area contributed by atoms with Crippen molar-refractivity contribution in [2.24, 2.45) is 5.41 Å². The zero-order chi connectivity index (χ0) is 14.0.